The monoisotopic (exact) mass is 406 g/mol. The maximum atomic E-state index is 12.3. The second-order valence-corrected chi connectivity index (χ2v) is 6.73. The Kier molecular flexibility index (Phi) is 7.28. The van der Waals surface area contributed by atoms with Gasteiger partial charge in [-0.15, -0.1) is 0 Å². The Balaban J connectivity index is 2.01. The van der Waals surface area contributed by atoms with E-state index >= 15 is 0 Å². The fourth-order valence-electron chi connectivity index (χ4n) is 2.36. The molecule has 142 valence electrons. The van der Waals surface area contributed by atoms with Crippen molar-refractivity contribution in [3.63, 3.8) is 0 Å². The summed E-state index contributed by atoms with van der Waals surface area (Å²) in [5.74, 6) is -0.0558. The minimum Gasteiger partial charge on any atom is -0.496 e. The number of halogens is 2. The highest BCUT2D eigenvalue weighted by molar-refractivity contribution is 6.39. The van der Waals surface area contributed by atoms with Crippen molar-refractivity contribution in [1.82, 2.24) is 4.90 Å². The number of nitrogens with one attached hydrogen (secondary N) is 1. The van der Waals surface area contributed by atoms with Crippen LogP contribution in [0.4, 0.5) is 5.69 Å². The molecule has 27 heavy (non-hydrogen) atoms. The molecule has 1 N–H and O–H groups in total. The minimum absolute atomic E-state index is 0.143. The second kappa shape index (κ2) is 9.44. The van der Waals surface area contributed by atoms with E-state index in [9.17, 15) is 9.59 Å². The number of methoxy groups -OCH3 is 1. The molecule has 0 unspecified atom stereocenters. The molecule has 0 aromatic heterocycles. The summed E-state index contributed by atoms with van der Waals surface area (Å²) >= 11 is 12.1. The summed E-state index contributed by atoms with van der Waals surface area (Å²) in [4.78, 5) is 25.8. The van der Waals surface area contributed by atoms with E-state index in [1.165, 1.54) is 18.0 Å². The number of hydrogen-bond donors (Lipinski definition) is 1. The van der Waals surface area contributed by atoms with Crippen LogP contribution in [0.15, 0.2) is 42.5 Å². The fourth-order valence-corrected chi connectivity index (χ4v) is 2.85. The van der Waals surface area contributed by atoms with Crippen LogP contribution in [0.3, 0.4) is 0 Å². The van der Waals surface area contributed by atoms with E-state index in [0.717, 1.165) is 11.1 Å². The Morgan fingerprint density at radius 3 is 2.48 bits per heavy atom. The van der Waals surface area contributed by atoms with E-state index in [1.54, 1.807) is 31.4 Å². The van der Waals surface area contributed by atoms with Crippen LogP contribution < -0.4 is 10.1 Å². The first-order valence-electron chi connectivity index (χ1n) is 8.13. The van der Waals surface area contributed by atoms with Crippen LogP contribution in [0.5, 0.6) is 5.75 Å². The summed E-state index contributed by atoms with van der Waals surface area (Å²) in [7, 11) is 3.11. The average molecular weight is 407 g/mol. The molecular formula is C20H20Cl2N2O3. The molecule has 0 radical (unpaired) electrons. The third-order valence-electron chi connectivity index (χ3n) is 3.77. The molecular weight excluding hydrogens is 387 g/mol. The van der Waals surface area contributed by atoms with Crippen LogP contribution in [0.1, 0.15) is 11.1 Å². The lowest BCUT2D eigenvalue weighted by Crippen LogP contribution is -2.34. The third-order valence-corrected chi connectivity index (χ3v) is 4.40. The van der Waals surface area contributed by atoms with Gasteiger partial charge in [0, 0.05) is 18.7 Å². The van der Waals surface area contributed by atoms with Crippen LogP contribution in [0, 0.1) is 6.92 Å². The number of nitrogens with zero attached hydrogens (tertiary/aromatic N) is 1. The van der Waals surface area contributed by atoms with Crippen molar-refractivity contribution in [3.05, 3.63) is 63.6 Å². The summed E-state index contributed by atoms with van der Waals surface area (Å²) in [6, 6.07) is 10.6. The largest absolute Gasteiger partial charge is 0.496 e. The molecule has 0 aliphatic heterocycles. The number of carbonyl (C=O) groups excluding carboxylic acids is 2. The zero-order chi connectivity index (χ0) is 20.0. The van der Waals surface area contributed by atoms with Crippen LogP contribution >= 0.6 is 23.2 Å². The number of hydrogen-bond acceptors (Lipinski definition) is 3. The predicted octanol–water partition coefficient (Wildman–Crippen LogP) is 4.42. The van der Waals surface area contributed by atoms with Gasteiger partial charge in [0.25, 0.3) is 0 Å². The molecule has 0 aliphatic carbocycles. The molecule has 0 saturated heterocycles. The fraction of sp³-hybridized carbons (Fsp3) is 0.200. The molecule has 7 heteroatoms. The van der Waals surface area contributed by atoms with Crippen LogP contribution in [0.2, 0.25) is 10.0 Å². The van der Waals surface area contributed by atoms with Crippen molar-refractivity contribution in [2.45, 2.75) is 6.92 Å². The maximum absolute atomic E-state index is 12.3. The van der Waals surface area contributed by atoms with Crippen molar-refractivity contribution >= 4 is 46.8 Å². The van der Waals surface area contributed by atoms with Crippen molar-refractivity contribution in [2.75, 3.05) is 26.0 Å². The number of anilines is 1. The highest BCUT2D eigenvalue weighted by Crippen LogP contribution is 2.29. The first kappa shape index (κ1) is 20.8. The maximum Gasteiger partial charge on any atom is 0.246 e. The van der Waals surface area contributed by atoms with E-state index in [1.807, 2.05) is 25.1 Å². The molecule has 2 amide bonds. The van der Waals surface area contributed by atoms with Crippen LogP contribution in [0.25, 0.3) is 6.08 Å². The van der Waals surface area contributed by atoms with E-state index in [4.69, 9.17) is 27.9 Å². The molecule has 0 fully saturated rings. The van der Waals surface area contributed by atoms with E-state index < -0.39 is 5.91 Å². The Labute approximate surface area is 168 Å². The molecule has 2 rings (SSSR count). The first-order valence-corrected chi connectivity index (χ1v) is 8.89. The summed E-state index contributed by atoms with van der Waals surface area (Å²) in [6.45, 7) is 1.81. The number of likely N-dealkylation sites (N-methyl/N-ethyl adjacent to an activating group) is 1. The molecule has 0 bridgehead atoms. The van der Waals surface area contributed by atoms with Gasteiger partial charge in [-0.25, -0.2) is 0 Å². The Bertz CT molecular complexity index is 861. The molecule has 5 nitrogen and oxygen atoms in total. The van der Waals surface area contributed by atoms with Crippen molar-refractivity contribution in [3.8, 4) is 5.75 Å². The highest BCUT2D eigenvalue weighted by Gasteiger charge is 2.14. The first-order chi connectivity index (χ1) is 12.8. The van der Waals surface area contributed by atoms with Crippen molar-refractivity contribution < 1.29 is 14.3 Å². The smallest absolute Gasteiger partial charge is 0.246 e. The van der Waals surface area contributed by atoms with Gasteiger partial charge in [0.15, 0.2) is 0 Å². The van der Waals surface area contributed by atoms with Gasteiger partial charge in [-0.2, -0.15) is 0 Å². The average Bonchev–Trinajstić information content (AvgIpc) is 2.63. The Morgan fingerprint density at radius 1 is 1.19 bits per heavy atom. The zero-order valence-electron chi connectivity index (χ0n) is 15.3. The summed E-state index contributed by atoms with van der Waals surface area (Å²) in [5, 5.41) is 3.28. The van der Waals surface area contributed by atoms with Gasteiger partial charge < -0.3 is 15.0 Å². The van der Waals surface area contributed by atoms with Crippen LogP contribution in [-0.2, 0) is 9.59 Å². The highest BCUT2D eigenvalue weighted by atomic mass is 35.5. The lowest BCUT2D eigenvalue weighted by Gasteiger charge is -2.16. The number of carbonyl (C=O) groups is 2. The Morgan fingerprint density at radius 2 is 1.85 bits per heavy atom. The molecule has 2 aromatic carbocycles. The van der Waals surface area contributed by atoms with Gasteiger partial charge in [0.2, 0.25) is 11.8 Å². The number of aryl methyl sites for hydroxylation is 1. The van der Waals surface area contributed by atoms with E-state index in [2.05, 4.69) is 5.32 Å². The lowest BCUT2D eigenvalue weighted by molar-refractivity contribution is -0.129. The van der Waals surface area contributed by atoms with E-state index in [-0.39, 0.29) is 12.5 Å². The molecule has 0 heterocycles. The van der Waals surface area contributed by atoms with Crippen molar-refractivity contribution in [1.29, 1.82) is 0 Å². The standard InChI is InChI=1S/C20H20Cl2N2O3/c1-13-7-9-17(27-3)14(11-13)8-10-19(26)24(2)12-18(25)23-20-15(21)5-4-6-16(20)22/h4-11H,12H2,1-3H3,(H,23,25)/b10-8+. The quantitative estimate of drug-likeness (QED) is 0.722. The Hall–Kier alpha value is -2.50. The van der Waals surface area contributed by atoms with Gasteiger partial charge in [0.05, 0.1) is 29.4 Å². The molecule has 2 aromatic rings. The van der Waals surface area contributed by atoms with E-state index in [0.29, 0.717) is 21.5 Å². The summed E-state index contributed by atoms with van der Waals surface area (Å²) in [5.41, 5.74) is 2.16. The molecule has 0 spiro atoms. The molecule has 0 atom stereocenters. The summed E-state index contributed by atoms with van der Waals surface area (Å²) < 4.78 is 5.28. The van der Waals surface area contributed by atoms with Crippen molar-refractivity contribution in [2.24, 2.45) is 0 Å². The van der Waals surface area contributed by atoms with Gasteiger partial charge in [0.1, 0.15) is 5.75 Å². The number of benzene rings is 2. The number of para-hydroxylation sites is 1. The predicted molar refractivity (Wildman–Crippen MR) is 109 cm³/mol. The van der Waals surface area contributed by atoms with Gasteiger partial charge >= 0.3 is 0 Å². The zero-order valence-corrected chi connectivity index (χ0v) is 16.8. The van der Waals surface area contributed by atoms with Gasteiger partial charge in [-0.05, 0) is 37.3 Å². The summed E-state index contributed by atoms with van der Waals surface area (Å²) in [6.07, 6.45) is 3.06. The topological polar surface area (TPSA) is 58.6 Å². The molecule has 0 aliphatic rings. The third kappa shape index (κ3) is 5.74. The normalized spacial score (nSPS) is 10.7. The molecule has 0 saturated carbocycles. The number of rotatable bonds is 6. The number of amides is 2. The minimum atomic E-state index is -0.401. The van der Waals surface area contributed by atoms with Gasteiger partial charge in [-0.3, -0.25) is 9.59 Å². The van der Waals surface area contributed by atoms with Crippen LogP contribution in [-0.4, -0.2) is 37.4 Å². The SMILES string of the molecule is COc1ccc(C)cc1/C=C/C(=O)N(C)CC(=O)Nc1c(Cl)cccc1Cl. The second-order valence-electron chi connectivity index (χ2n) is 5.92. The lowest BCUT2D eigenvalue weighted by atomic mass is 10.1. The van der Waals surface area contributed by atoms with Gasteiger partial charge in [-0.1, -0.05) is 40.9 Å². The number of ether oxygens (including phenoxy) is 1.